The highest BCUT2D eigenvalue weighted by Crippen LogP contribution is 2.44. The molecule has 2 aliphatic carbocycles. The van der Waals surface area contributed by atoms with Crippen LogP contribution in [-0.2, 0) is 4.79 Å². The van der Waals surface area contributed by atoms with Crippen molar-refractivity contribution in [2.45, 2.75) is 70.1 Å². The van der Waals surface area contributed by atoms with Crippen LogP contribution in [0.1, 0.15) is 75.6 Å². The zero-order valence-electron chi connectivity index (χ0n) is 18.0. The number of thioether (sulfide) groups is 1. The Balaban J connectivity index is 1.60. The van der Waals surface area contributed by atoms with Gasteiger partial charge in [0.25, 0.3) is 0 Å². The highest BCUT2D eigenvalue weighted by molar-refractivity contribution is 8.03. The highest BCUT2D eigenvalue weighted by Gasteiger charge is 2.25. The molecule has 2 aromatic rings. The summed E-state index contributed by atoms with van der Waals surface area (Å²) >= 11 is 1.79. The van der Waals surface area contributed by atoms with Gasteiger partial charge in [0.05, 0.1) is 5.37 Å². The summed E-state index contributed by atoms with van der Waals surface area (Å²) in [6, 6.07) is 14.9. The van der Waals surface area contributed by atoms with Gasteiger partial charge in [0, 0.05) is 17.2 Å². The van der Waals surface area contributed by atoms with Crippen LogP contribution in [0.3, 0.4) is 0 Å². The van der Waals surface area contributed by atoms with E-state index in [0.29, 0.717) is 12.2 Å². The molecular formula is C27H33NOS. The third-order valence-electron chi connectivity index (χ3n) is 6.62. The van der Waals surface area contributed by atoms with Gasteiger partial charge in [0.1, 0.15) is 5.78 Å². The highest BCUT2D eigenvalue weighted by atomic mass is 32.2. The van der Waals surface area contributed by atoms with Crippen LogP contribution in [0, 0.1) is 5.92 Å². The molecule has 0 aromatic heterocycles. The maximum absolute atomic E-state index is 12.7. The second-order valence-electron chi connectivity index (χ2n) is 8.64. The Morgan fingerprint density at radius 1 is 1.07 bits per heavy atom. The summed E-state index contributed by atoms with van der Waals surface area (Å²) in [5, 5.41) is 2.36. The van der Waals surface area contributed by atoms with Crippen molar-refractivity contribution in [1.82, 2.24) is 0 Å². The molecule has 0 saturated carbocycles. The van der Waals surface area contributed by atoms with Crippen molar-refractivity contribution in [3.05, 3.63) is 70.2 Å². The molecule has 2 aromatic carbocycles. The van der Waals surface area contributed by atoms with Crippen LogP contribution < -0.4 is 5.73 Å². The third kappa shape index (κ3) is 4.73. The Labute approximate surface area is 185 Å². The van der Waals surface area contributed by atoms with Gasteiger partial charge in [-0.1, -0.05) is 67.5 Å². The molecule has 0 spiro atoms. The van der Waals surface area contributed by atoms with E-state index in [2.05, 4.69) is 55.5 Å². The first-order valence-corrected chi connectivity index (χ1v) is 12.4. The minimum Gasteiger partial charge on any atom is -0.315 e. The average Bonchev–Trinajstić information content (AvgIpc) is 3.23. The summed E-state index contributed by atoms with van der Waals surface area (Å²) in [6.45, 7) is 2.19. The lowest BCUT2D eigenvalue weighted by Gasteiger charge is -2.21. The molecule has 0 bridgehead atoms. The first kappa shape index (κ1) is 21.4. The smallest absolute Gasteiger partial charge is 0.136 e. The number of allylic oxidation sites excluding steroid dienone is 3. The predicted molar refractivity (Wildman–Crippen MR) is 129 cm³/mol. The van der Waals surface area contributed by atoms with E-state index in [1.165, 1.54) is 39.7 Å². The molecule has 0 amide bonds. The Bertz CT molecular complexity index is 968. The summed E-state index contributed by atoms with van der Waals surface area (Å²) in [7, 11) is 0. The molecule has 2 N–H and O–H groups in total. The van der Waals surface area contributed by atoms with Crippen molar-refractivity contribution in [2.24, 2.45) is 11.7 Å². The quantitative estimate of drug-likeness (QED) is 0.512. The SMILES string of the molecule is CCCC1CCC2=C(CCC2)/C(SC(N)c2cccc3ccccc23)=C\CCC1=O. The zero-order chi connectivity index (χ0) is 20.9. The normalized spacial score (nSPS) is 23.2. The maximum Gasteiger partial charge on any atom is 0.136 e. The van der Waals surface area contributed by atoms with E-state index in [1.54, 1.807) is 17.3 Å². The fraction of sp³-hybridized carbons (Fsp3) is 0.444. The summed E-state index contributed by atoms with van der Waals surface area (Å²) in [5.74, 6) is 0.711. The van der Waals surface area contributed by atoms with Gasteiger partial charge in [-0.15, -0.1) is 11.8 Å². The molecule has 2 aliphatic rings. The van der Waals surface area contributed by atoms with Gasteiger partial charge in [0.15, 0.2) is 0 Å². The van der Waals surface area contributed by atoms with E-state index >= 15 is 0 Å². The second-order valence-corrected chi connectivity index (χ2v) is 9.82. The molecule has 3 heteroatoms. The molecule has 2 unspecified atom stereocenters. The summed E-state index contributed by atoms with van der Waals surface area (Å²) in [4.78, 5) is 14.1. The number of benzene rings is 2. The molecule has 2 atom stereocenters. The fourth-order valence-corrected chi connectivity index (χ4v) is 6.24. The van der Waals surface area contributed by atoms with Gasteiger partial charge < -0.3 is 5.73 Å². The lowest BCUT2D eigenvalue weighted by atomic mass is 9.88. The zero-order valence-corrected chi connectivity index (χ0v) is 18.8. The lowest BCUT2D eigenvalue weighted by molar-refractivity contribution is -0.123. The van der Waals surface area contributed by atoms with Crippen LogP contribution in [0.15, 0.2) is 64.6 Å². The number of ketones is 1. The third-order valence-corrected chi connectivity index (χ3v) is 7.80. The number of fused-ring (bicyclic) bond motifs is 1. The van der Waals surface area contributed by atoms with Gasteiger partial charge in [-0.2, -0.15) is 0 Å². The number of carbonyl (C=O) groups is 1. The standard InChI is InChI=1S/C27H33NOS/c1-2-8-21-18-17-20-11-5-13-23(20)26(16-7-15-25(21)29)30-27(28)24-14-6-10-19-9-3-4-12-22(19)24/h3-4,6,9-10,12,14,16,21,27H,2,5,7-8,11,13,15,17-18,28H2,1H3/b26-16+. The summed E-state index contributed by atoms with van der Waals surface area (Å²) in [6.07, 6.45) is 11.6. The number of carbonyl (C=O) groups excluding carboxylic acids is 1. The minimum atomic E-state index is -0.108. The summed E-state index contributed by atoms with van der Waals surface area (Å²) < 4.78 is 0. The minimum absolute atomic E-state index is 0.108. The maximum atomic E-state index is 12.7. The molecule has 158 valence electrons. The van der Waals surface area contributed by atoms with Crippen LogP contribution in [0.4, 0.5) is 0 Å². The fourth-order valence-electron chi connectivity index (χ4n) is 5.03. The molecule has 0 aliphatic heterocycles. The van der Waals surface area contributed by atoms with Crippen LogP contribution >= 0.6 is 11.8 Å². The second kappa shape index (κ2) is 9.98. The van der Waals surface area contributed by atoms with E-state index in [9.17, 15) is 4.79 Å². The van der Waals surface area contributed by atoms with Gasteiger partial charge in [-0.3, -0.25) is 4.79 Å². The first-order valence-electron chi connectivity index (χ1n) is 11.5. The monoisotopic (exact) mass is 419 g/mol. The molecule has 0 saturated heterocycles. The van der Waals surface area contributed by atoms with E-state index in [0.717, 1.165) is 38.5 Å². The molecule has 0 radical (unpaired) electrons. The number of hydrogen-bond donors (Lipinski definition) is 1. The predicted octanol–water partition coefficient (Wildman–Crippen LogP) is 7.45. The number of Topliss-reactive ketones (excluding diaryl/α,β-unsaturated/α-hetero) is 1. The first-order chi connectivity index (χ1) is 14.7. The van der Waals surface area contributed by atoms with Gasteiger partial charge in [-0.05, 0) is 66.9 Å². The Hall–Kier alpha value is -1.84. The Kier molecular flexibility index (Phi) is 7.12. The van der Waals surface area contributed by atoms with Crippen LogP contribution in [0.25, 0.3) is 10.8 Å². The van der Waals surface area contributed by atoms with E-state index in [4.69, 9.17) is 5.73 Å². The van der Waals surface area contributed by atoms with Crippen LogP contribution in [-0.4, -0.2) is 5.78 Å². The average molecular weight is 420 g/mol. The van der Waals surface area contributed by atoms with Crippen molar-refractivity contribution < 1.29 is 4.79 Å². The van der Waals surface area contributed by atoms with E-state index in [1.807, 2.05) is 0 Å². The van der Waals surface area contributed by atoms with Crippen LogP contribution in [0.5, 0.6) is 0 Å². The number of hydrogen-bond acceptors (Lipinski definition) is 3. The summed E-state index contributed by atoms with van der Waals surface area (Å²) in [5.41, 5.74) is 11.1. The number of nitrogens with two attached hydrogens (primary N) is 1. The van der Waals surface area contributed by atoms with Crippen molar-refractivity contribution in [1.29, 1.82) is 0 Å². The van der Waals surface area contributed by atoms with E-state index in [-0.39, 0.29) is 11.3 Å². The molecule has 30 heavy (non-hydrogen) atoms. The Morgan fingerprint density at radius 2 is 1.90 bits per heavy atom. The van der Waals surface area contributed by atoms with Crippen molar-refractivity contribution in [3.63, 3.8) is 0 Å². The van der Waals surface area contributed by atoms with Crippen LogP contribution in [0.2, 0.25) is 0 Å². The van der Waals surface area contributed by atoms with Crippen molar-refractivity contribution in [2.75, 3.05) is 0 Å². The van der Waals surface area contributed by atoms with Crippen molar-refractivity contribution in [3.8, 4) is 0 Å². The lowest BCUT2D eigenvalue weighted by Crippen LogP contribution is -2.15. The molecular weight excluding hydrogens is 386 g/mol. The largest absolute Gasteiger partial charge is 0.315 e. The Morgan fingerprint density at radius 3 is 2.77 bits per heavy atom. The van der Waals surface area contributed by atoms with Gasteiger partial charge >= 0.3 is 0 Å². The topological polar surface area (TPSA) is 43.1 Å². The van der Waals surface area contributed by atoms with Gasteiger partial charge in [-0.25, -0.2) is 0 Å². The van der Waals surface area contributed by atoms with Crippen molar-refractivity contribution >= 4 is 28.3 Å². The van der Waals surface area contributed by atoms with Gasteiger partial charge in [0.2, 0.25) is 0 Å². The molecule has 2 nitrogen and oxygen atoms in total. The molecule has 0 heterocycles. The molecule has 0 fully saturated rings. The number of rotatable bonds is 5. The van der Waals surface area contributed by atoms with E-state index < -0.39 is 0 Å². The molecule has 4 rings (SSSR count).